The molecule has 3 aromatic carbocycles. The number of anilines is 1. The van der Waals surface area contributed by atoms with Gasteiger partial charge in [-0.25, -0.2) is 9.18 Å². The molecule has 148 valence electrons. The second-order valence-corrected chi connectivity index (χ2v) is 6.62. The molecule has 3 rings (SSSR count). The van der Waals surface area contributed by atoms with Gasteiger partial charge in [0.05, 0.1) is 6.04 Å². The lowest BCUT2D eigenvalue weighted by molar-refractivity contribution is 0.0951. The van der Waals surface area contributed by atoms with Crippen LogP contribution in [0.3, 0.4) is 0 Å². The van der Waals surface area contributed by atoms with Crippen LogP contribution >= 0.6 is 0 Å². The van der Waals surface area contributed by atoms with Gasteiger partial charge in [0.1, 0.15) is 5.82 Å². The van der Waals surface area contributed by atoms with Crippen LogP contribution in [0.25, 0.3) is 0 Å². The van der Waals surface area contributed by atoms with Crippen molar-refractivity contribution >= 4 is 17.6 Å². The highest BCUT2D eigenvalue weighted by molar-refractivity contribution is 5.95. The fraction of sp³-hybridized carbons (Fsp3) is 0.130. The minimum absolute atomic E-state index is 0.132. The van der Waals surface area contributed by atoms with Gasteiger partial charge in [0.25, 0.3) is 5.91 Å². The van der Waals surface area contributed by atoms with Gasteiger partial charge in [-0.3, -0.25) is 4.79 Å². The van der Waals surface area contributed by atoms with Crippen LogP contribution in [-0.4, -0.2) is 11.9 Å². The molecular formula is C23H22FN3O2. The zero-order valence-corrected chi connectivity index (χ0v) is 16.0. The first-order chi connectivity index (χ1) is 14.0. The lowest BCUT2D eigenvalue weighted by atomic mass is 10.1. The maximum Gasteiger partial charge on any atom is 0.319 e. The number of carbonyl (C=O) groups is 2. The van der Waals surface area contributed by atoms with Crippen molar-refractivity contribution in [1.82, 2.24) is 10.6 Å². The topological polar surface area (TPSA) is 70.2 Å². The first-order valence-electron chi connectivity index (χ1n) is 9.26. The number of hydrogen-bond donors (Lipinski definition) is 3. The molecule has 5 nitrogen and oxygen atoms in total. The standard InChI is InChI=1S/C23H22FN3O2/c1-16(18-5-3-2-4-6-18)26-23(29)27-21-13-9-19(10-14-21)22(28)25-15-17-7-11-20(24)12-8-17/h2-14,16H,15H2,1H3,(H,25,28)(H2,26,27,29). The van der Waals surface area contributed by atoms with Gasteiger partial charge < -0.3 is 16.0 Å². The van der Waals surface area contributed by atoms with Gasteiger partial charge in [-0.2, -0.15) is 0 Å². The molecular weight excluding hydrogens is 369 g/mol. The van der Waals surface area contributed by atoms with Crippen molar-refractivity contribution in [1.29, 1.82) is 0 Å². The predicted octanol–water partition coefficient (Wildman–Crippen LogP) is 4.64. The lowest BCUT2D eigenvalue weighted by Gasteiger charge is -2.15. The Kier molecular flexibility index (Phi) is 6.58. The van der Waals surface area contributed by atoms with Gasteiger partial charge in [-0.1, -0.05) is 42.5 Å². The average Bonchev–Trinajstić information content (AvgIpc) is 2.74. The Bertz CT molecular complexity index is 958. The zero-order valence-electron chi connectivity index (χ0n) is 16.0. The van der Waals surface area contributed by atoms with Gasteiger partial charge in [0, 0.05) is 17.8 Å². The molecule has 1 unspecified atom stereocenters. The van der Waals surface area contributed by atoms with E-state index in [9.17, 15) is 14.0 Å². The van der Waals surface area contributed by atoms with Crippen LogP contribution < -0.4 is 16.0 Å². The van der Waals surface area contributed by atoms with Crippen molar-refractivity contribution in [3.05, 3.63) is 101 Å². The first kappa shape index (κ1) is 20.1. The van der Waals surface area contributed by atoms with Crippen molar-refractivity contribution in [3.63, 3.8) is 0 Å². The SMILES string of the molecule is CC(NC(=O)Nc1ccc(C(=O)NCc2ccc(F)cc2)cc1)c1ccccc1. The molecule has 0 aliphatic heterocycles. The van der Waals surface area contributed by atoms with Crippen LogP contribution in [0.15, 0.2) is 78.9 Å². The summed E-state index contributed by atoms with van der Waals surface area (Å²) >= 11 is 0. The second kappa shape index (κ2) is 9.50. The molecule has 0 aliphatic rings. The fourth-order valence-electron chi connectivity index (χ4n) is 2.78. The molecule has 1 atom stereocenters. The van der Waals surface area contributed by atoms with E-state index in [0.717, 1.165) is 11.1 Å². The van der Waals surface area contributed by atoms with E-state index in [1.165, 1.54) is 12.1 Å². The summed E-state index contributed by atoms with van der Waals surface area (Å²) in [5.41, 5.74) is 2.87. The molecule has 0 heterocycles. The number of rotatable bonds is 6. The van der Waals surface area contributed by atoms with Crippen molar-refractivity contribution in [2.75, 3.05) is 5.32 Å². The Labute approximate surface area is 169 Å². The molecule has 29 heavy (non-hydrogen) atoms. The van der Waals surface area contributed by atoms with Crippen molar-refractivity contribution < 1.29 is 14.0 Å². The molecule has 3 N–H and O–H groups in total. The van der Waals surface area contributed by atoms with Crippen LogP contribution in [0.1, 0.15) is 34.5 Å². The number of benzene rings is 3. The van der Waals surface area contributed by atoms with Gasteiger partial charge in [0.15, 0.2) is 0 Å². The number of hydrogen-bond acceptors (Lipinski definition) is 2. The Balaban J connectivity index is 1.50. The minimum Gasteiger partial charge on any atom is -0.348 e. The second-order valence-electron chi connectivity index (χ2n) is 6.62. The molecule has 3 aromatic rings. The van der Waals surface area contributed by atoms with E-state index in [4.69, 9.17) is 0 Å². The molecule has 0 saturated carbocycles. The van der Waals surface area contributed by atoms with Crippen molar-refractivity contribution in [2.45, 2.75) is 19.5 Å². The van der Waals surface area contributed by atoms with Gasteiger partial charge in [-0.15, -0.1) is 0 Å². The highest BCUT2D eigenvalue weighted by Gasteiger charge is 2.10. The van der Waals surface area contributed by atoms with Crippen LogP contribution in [0.4, 0.5) is 14.9 Å². The highest BCUT2D eigenvalue weighted by atomic mass is 19.1. The smallest absolute Gasteiger partial charge is 0.319 e. The van der Waals surface area contributed by atoms with E-state index in [1.54, 1.807) is 36.4 Å². The largest absolute Gasteiger partial charge is 0.348 e. The Morgan fingerprint density at radius 2 is 1.55 bits per heavy atom. The third kappa shape index (κ3) is 5.90. The number of nitrogens with one attached hydrogen (secondary N) is 3. The maximum atomic E-state index is 12.9. The molecule has 3 amide bonds. The van der Waals surface area contributed by atoms with Crippen LogP contribution in [-0.2, 0) is 6.54 Å². The lowest BCUT2D eigenvalue weighted by Crippen LogP contribution is -2.31. The van der Waals surface area contributed by atoms with E-state index in [0.29, 0.717) is 17.8 Å². The van der Waals surface area contributed by atoms with Crippen molar-refractivity contribution in [3.8, 4) is 0 Å². The summed E-state index contributed by atoms with van der Waals surface area (Å²) in [5.74, 6) is -0.562. The normalized spacial score (nSPS) is 11.4. The molecule has 0 fully saturated rings. The van der Waals surface area contributed by atoms with Crippen LogP contribution in [0, 0.1) is 5.82 Å². The van der Waals surface area contributed by atoms with Crippen LogP contribution in [0.2, 0.25) is 0 Å². The number of urea groups is 1. The van der Waals surface area contributed by atoms with Crippen molar-refractivity contribution in [2.24, 2.45) is 0 Å². The van der Waals surface area contributed by atoms with E-state index < -0.39 is 0 Å². The number of amides is 3. The molecule has 0 spiro atoms. The highest BCUT2D eigenvalue weighted by Crippen LogP contribution is 2.13. The average molecular weight is 391 g/mol. The summed E-state index contributed by atoms with van der Waals surface area (Å²) in [6, 6.07) is 21.8. The summed E-state index contributed by atoms with van der Waals surface area (Å²) in [5, 5.41) is 8.40. The van der Waals surface area contributed by atoms with Gasteiger partial charge >= 0.3 is 6.03 Å². The summed E-state index contributed by atoms with van der Waals surface area (Å²) in [6.45, 7) is 2.21. The zero-order chi connectivity index (χ0) is 20.6. The minimum atomic E-state index is -0.324. The van der Waals surface area contributed by atoms with E-state index >= 15 is 0 Å². The Hall–Kier alpha value is -3.67. The fourth-order valence-corrected chi connectivity index (χ4v) is 2.78. The third-order valence-corrected chi connectivity index (χ3v) is 4.42. The van der Waals surface area contributed by atoms with E-state index in [1.807, 2.05) is 37.3 Å². The van der Waals surface area contributed by atoms with Gasteiger partial charge in [-0.05, 0) is 54.4 Å². The predicted molar refractivity (Wildman–Crippen MR) is 111 cm³/mol. The quantitative estimate of drug-likeness (QED) is 0.573. The summed E-state index contributed by atoms with van der Waals surface area (Å²) < 4.78 is 12.9. The summed E-state index contributed by atoms with van der Waals surface area (Å²) in [7, 11) is 0. The number of halogens is 1. The molecule has 0 aromatic heterocycles. The summed E-state index contributed by atoms with van der Waals surface area (Å²) in [4.78, 5) is 24.4. The maximum absolute atomic E-state index is 12.9. The van der Waals surface area contributed by atoms with Gasteiger partial charge in [0.2, 0.25) is 0 Å². The van der Waals surface area contributed by atoms with E-state index in [2.05, 4.69) is 16.0 Å². The molecule has 0 bridgehead atoms. The summed E-state index contributed by atoms with van der Waals surface area (Å²) in [6.07, 6.45) is 0. The molecule has 0 saturated heterocycles. The monoisotopic (exact) mass is 391 g/mol. The molecule has 6 heteroatoms. The Morgan fingerprint density at radius 1 is 0.897 bits per heavy atom. The number of carbonyl (C=O) groups excluding carboxylic acids is 2. The molecule has 0 radical (unpaired) electrons. The Morgan fingerprint density at radius 3 is 2.21 bits per heavy atom. The molecule has 0 aliphatic carbocycles. The van der Waals surface area contributed by atoms with Crippen LogP contribution in [0.5, 0.6) is 0 Å². The first-order valence-corrected chi connectivity index (χ1v) is 9.26. The van der Waals surface area contributed by atoms with E-state index in [-0.39, 0.29) is 23.8 Å². The third-order valence-electron chi connectivity index (χ3n) is 4.42.